The van der Waals surface area contributed by atoms with Crippen molar-refractivity contribution >= 4 is 11.5 Å². The molecule has 2 nitrogen and oxygen atoms in total. The molecule has 0 saturated heterocycles. The van der Waals surface area contributed by atoms with Crippen LogP contribution < -0.4 is 4.90 Å². The van der Waals surface area contributed by atoms with Gasteiger partial charge in [-0.2, -0.15) is 0 Å². The minimum Gasteiger partial charge on any atom is -0.367 e. The Morgan fingerprint density at radius 3 is 2.63 bits per heavy atom. The number of carbonyl (C=O) groups excluding carboxylic acids is 1. The molecule has 0 unspecified atom stereocenters. The highest BCUT2D eigenvalue weighted by Crippen LogP contribution is 2.32. The highest BCUT2D eigenvalue weighted by atomic mass is 16.1. The van der Waals surface area contributed by atoms with E-state index in [1.165, 1.54) is 16.8 Å². The summed E-state index contributed by atoms with van der Waals surface area (Å²) in [6, 6.07) is 16.5. The molecule has 0 N–H and O–H groups in total. The van der Waals surface area contributed by atoms with Crippen molar-refractivity contribution < 1.29 is 4.79 Å². The molecule has 96 valence electrons. The van der Waals surface area contributed by atoms with Gasteiger partial charge in [0.05, 0.1) is 0 Å². The van der Waals surface area contributed by atoms with E-state index in [4.69, 9.17) is 0 Å². The Bertz CT molecular complexity index is 604. The summed E-state index contributed by atoms with van der Waals surface area (Å²) >= 11 is 0. The Kier molecular flexibility index (Phi) is 3.08. The number of fused-ring (bicyclic) bond motifs is 1. The number of hydrogen-bond acceptors (Lipinski definition) is 2. The fourth-order valence-corrected chi connectivity index (χ4v) is 2.80. The third-order valence-corrected chi connectivity index (χ3v) is 3.72. The number of benzene rings is 2. The summed E-state index contributed by atoms with van der Waals surface area (Å²) in [5, 5.41) is 0. The summed E-state index contributed by atoms with van der Waals surface area (Å²) in [6.07, 6.45) is 0.970. The molecule has 2 heteroatoms. The van der Waals surface area contributed by atoms with Crippen molar-refractivity contribution in [1.82, 2.24) is 0 Å². The first-order valence-corrected chi connectivity index (χ1v) is 6.67. The lowest BCUT2D eigenvalue weighted by molar-refractivity contribution is 0.101. The van der Waals surface area contributed by atoms with Crippen LogP contribution in [0.2, 0.25) is 0 Å². The highest BCUT2D eigenvalue weighted by Gasteiger charge is 2.22. The average Bonchev–Trinajstić information content (AvgIpc) is 2.83. The molecule has 0 aromatic heterocycles. The van der Waals surface area contributed by atoms with Crippen molar-refractivity contribution in [2.75, 3.05) is 11.4 Å². The third kappa shape index (κ3) is 2.26. The molecule has 0 amide bonds. The lowest BCUT2D eigenvalue weighted by Crippen LogP contribution is -2.19. The van der Waals surface area contributed by atoms with Crippen LogP contribution in [0.4, 0.5) is 5.69 Å². The maximum absolute atomic E-state index is 11.7. The van der Waals surface area contributed by atoms with Crippen LogP contribution in [0.15, 0.2) is 48.5 Å². The van der Waals surface area contributed by atoms with Gasteiger partial charge in [0.2, 0.25) is 0 Å². The van der Waals surface area contributed by atoms with E-state index in [0.717, 1.165) is 25.1 Å². The molecule has 0 atom stereocenters. The molecule has 2 aromatic carbocycles. The quantitative estimate of drug-likeness (QED) is 0.779. The van der Waals surface area contributed by atoms with Crippen LogP contribution in [0.25, 0.3) is 0 Å². The highest BCUT2D eigenvalue weighted by molar-refractivity contribution is 5.97. The second-order valence-corrected chi connectivity index (χ2v) is 5.02. The normalized spacial score (nSPS) is 13.4. The van der Waals surface area contributed by atoms with Crippen LogP contribution in [-0.4, -0.2) is 12.3 Å². The summed E-state index contributed by atoms with van der Waals surface area (Å²) in [4.78, 5) is 14.0. The van der Waals surface area contributed by atoms with Gasteiger partial charge in [-0.15, -0.1) is 0 Å². The molecule has 3 rings (SSSR count). The number of hydrogen-bond donors (Lipinski definition) is 0. The summed E-state index contributed by atoms with van der Waals surface area (Å²) in [5.41, 5.74) is 4.62. The molecule has 2 aromatic rings. The summed E-state index contributed by atoms with van der Waals surface area (Å²) < 4.78 is 0. The maximum atomic E-state index is 11.7. The fraction of sp³-hybridized carbons (Fsp3) is 0.235. The fourth-order valence-electron chi connectivity index (χ4n) is 2.80. The first kappa shape index (κ1) is 12.0. The number of Topliss-reactive ketones (excluding diaryl/α,β-unsaturated/α-hetero) is 1. The van der Waals surface area contributed by atoms with Gasteiger partial charge in [0, 0.05) is 24.3 Å². The molecule has 0 fully saturated rings. The Morgan fingerprint density at radius 2 is 1.89 bits per heavy atom. The van der Waals surface area contributed by atoms with E-state index in [9.17, 15) is 4.79 Å². The van der Waals surface area contributed by atoms with Gasteiger partial charge in [0.25, 0.3) is 0 Å². The predicted molar refractivity (Wildman–Crippen MR) is 77.6 cm³/mol. The number of carbonyl (C=O) groups is 1. The zero-order valence-corrected chi connectivity index (χ0v) is 11.1. The van der Waals surface area contributed by atoms with E-state index < -0.39 is 0 Å². The number of ketones is 1. The van der Waals surface area contributed by atoms with Crippen LogP contribution in [-0.2, 0) is 13.0 Å². The van der Waals surface area contributed by atoms with E-state index in [1.807, 2.05) is 18.2 Å². The first-order chi connectivity index (χ1) is 9.25. The second kappa shape index (κ2) is 4.88. The Labute approximate surface area is 113 Å². The van der Waals surface area contributed by atoms with Crippen LogP contribution in [0.5, 0.6) is 0 Å². The first-order valence-electron chi connectivity index (χ1n) is 6.67. The molecule has 0 saturated carbocycles. The topological polar surface area (TPSA) is 20.3 Å². The second-order valence-electron chi connectivity index (χ2n) is 5.02. The lowest BCUT2D eigenvalue weighted by atomic mass is 10.0. The van der Waals surface area contributed by atoms with Crippen molar-refractivity contribution in [3.8, 4) is 0 Å². The molecule has 19 heavy (non-hydrogen) atoms. The molecule has 1 aliphatic rings. The van der Waals surface area contributed by atoms with Gasteiger partial charge < -0.3 is 4.90 Å². The number of anilines is 1. The monoisotopic (exact) mass is 251 g/mol. The van der Waals surface area contributed by atoms with Crippen molar-refractivity contribution in [1.29, 1.82) is 0 Å². The minimum atomic E-state index is 0.165. The number of nitrogens with zero attached hydrogens (tertiary/aromatic N) is 1. The predicted octanol–water partition coefficient (Wildman–Crippen LogP) is 3.45. The summed E-state index contributed by atoms with van der Waals surface area (Å²) in [6.45, 7) is 3.55. The Hall–Kier alpha value is -2.09. The standard InChI is InChI=1S/C17H17NO/c1-13(19)15-8-5-9-17-16(15)10-11-18(17)12-14-6-3-2-4-7-14/h2-9H,10-12H2,1H3. The minimum absolute atomic E-state index is 0.165. The van der Waals surface area contributed by atoms with E-state index in [1.54, 1.807) is 6.92 Å². The SMILES string of the molecule is CC(=O)c1cccc2c1CCN2Cc1ccccc1. The van der Waals surface area contributed by atoms with Gasteiger partial charge in [0.1, 0.15) is 0 Å². The average molecular weight is 251 g/mol. The van der Waals surface area contributed by atoms with Gasteiger partial charge in [-0.25, -0.2) is 0 Å². The van der Waals surface area contributed by atoms with Crippen LogP contribution in [0.3, 0.4) is 0 Å². The third-order valence-electron chi connectivity index (χ3n) is 3.72. The summed E-state index contributed by atoms with van der Waals surface area (Å²) in [5.74, 6) is 0.165. The lowest BCUT2D eigenvalue weighted by Gasteiger charge is -2.19. The molecular formula is C17H17NO. The van der Waals surface area contributed by atoms with Gasteiger partial charge in [-0.3, -0.25) is 4.79 Å². The molecule has 0 spiro atoms. The van der Waals surface area contributed by atoms with Crippen molar-refractivity contribution in [2.24, 2.45) is 0 Å². The van der Waals surface area contributed by atoms with Gasteiger partial charge in [0.15, 0.2) is 5.78 Å². The van der Waals surface area contributed by atoms with Crippen LogP contribution in [0, 0.1) is 0 Å². The molecular weight excluding hydrogens is 234 g/mol. The van der Waals surface area contributed by atoms with E-state index in [0.29, 0.717) is 0 Å². The molecule has 1 heterocycles. The van der Waals surface area contributed by atoms with Crippen molar-refractivity contribution in [2.45, 2.75) is 19.9 Å². The van der Waals surface area contributed by atoms with Gasteiger partial charge >= 0.3 is 0 Å². The maximum Gasteiger partial charge on any atom is 0.160 e. The molecule has 0 aliphatic carbocycles. The van der Waals surface area contributed by atoms with Crippen molar-refractivity contribution in [3.63, 3.8) is 0 Å². The van der Waals surface area contributed by atoms with Crippen LogP contribution in [0.1, 0.15) is 28.4 Å². The zero-order chi connectivity index (χ0) is 13.2. The molecule has 0 bridgehead atoms. The smallest absolute Gasteiger partial charge is 0.160 e. The molecule has 1 aliphatic heterocycles. The van der Waals surface area contributed by atoms with Crippen LogP contribution >= 0.6 is 0 Å². The van der Waals surface area contributed by atoms with Gasteiger partial charge in [-0.1, -0.05) is 42.5 Å². The van der Waals surface area contributed by atoms with Crippen molar-refractivity contribution in [3.05, 3.63) is 65.2 Å². The van der Waals surface area contributed by atoms with E-state index >= 15 is 0 Å². The Balaban J connectivity index is 1.91. The zero-order valence-electron chi connectivity index (χ0n) is 11.1. The number of rotatable bonds is 3. The van der Waals surface area contributed by atoms with E-state index in [2.05, 4.69) is 35.2 Å². The summed E-state index contributed by atoms with van der Waals surface area (Å²) in [7, 11) is 0. The van der Waals surface area contributed by atoms with E-state index in [-0.39, 0.29) is 5.78 Å². The molecule has 0 radical (unpaired) electrons. The Morgan fingerprint density at radius 1 is 1.11 bits per heavy atom. The van der Waals surface area contributed by atoms with Gasteiger partial charge in [-0.05, 0) is 30.5 Å². The largest absolute Gasteiger partial charge is 0.367 e.